The summed E-state index contributed by atoms with van der Waals surface area (Å²) in [6.45, 7) is -1.82. The van der Waals surface area contributed by atoms with E-state index < -0.39 is 130 Å². The summed E-state index contributed by atoms with van der Waals surface area (Å²) in [5.41, 5.74) is 3.56. The van der Waals surface area contributed by atoms with E-state index in [0.29, 0.717) is 12.1 Å². The second-order valence-electron chi connectivity index (χ2n) is 11.1. The molecule has 2 atom stereocenters. The van der Waals surface area contributed by atoms with Gasteiger partial charge in [0.25, 0.3) is 20.2 Å². The number of hydrogen-bond acceptors (Lipinski definition) is 20. The number of sulfone groups is 2. The van der Waals surface area contributed by atoms with Gasteiger partial charge in [0.15, 0.2) is 19.7 Å². The SMILES string of the molecule is Nc1c(N=Nc2ccc(S(=O)(=O)CCOS(=O)(=O)O)cc2)c(S(=O)(=O)O)cc2c1C(O)C(N=Nc1ccc(S(=O)(=O)CCOS(=O)(=O)O)cc1)C(S(=O)(=O)O)=C2. The van der Waals surface area contributed by atoms with Crippen LogP contribution < -0.4 is 5.73 Å². The van der Waals surface area contributed by atoms with Gasteiger partial charge < -0.3 is 10.8 Å². The van der Waals surface area contributed by atoms with Crippen LogP contribution in [0.25, 0.3) is 6.08 Å². The number of nitrogens with zero attached hydrogens (tertiary/aromatic N) is 4. The molecular weight excluding hydrogens is 879 g/mol. The van der Waals surface area contributed by atoms with Gasteiger partial charge in [-0.25, -0.2) is 25.2 Å². The molecule has 0 saturated heterocycles. The number of nitrogens with two attached hydrogens (primary N) is 1. The molecule has 2 unspecified atom stereocenters. The third-order valence-electron chi connectivity index (χ3n) is 7.26. The van der Waals surface area contributed by atoms with Crippen molar-refractivity contribution >= 4 is 89.5 Å². The first-order chi connectivity index (χ1) is 25.6. The number of hydrogen-bond donors (Lipinski definition) is 6. The second kappa shape index (κ2) is 16.4. The number of fused-ring (bicyclic) bond motifs is 1. The summed E-state index contributed by atoms with van der Waals surface area (Å²) in [5, 5.41) is 26.4. The lowest BCUT2D eigenvalue weighted by Crippen LogP contribution is -2.28. The van der Waals surface area contributed by atoms with E-state index in [1.807, 2.05) is 0 Å². The molecule has 0 spiro atoms. The highest BCUT2D eigenvalue weighted by atomic mass is 32.3. The predicted molar refractivity (Wildman–Crippen MR) is 190 cm³/mol. The van der Waals surface area contributed by atoms with Gasteiger partial charge in [0.05, 0.1) is 51.6 Å². The molecular formula is C26H27N5O19S6. The molecule has 0 radical (unpaired) electrons. The third-order valence-corrected chi connectivity index (χ3v) is 13.4. The van der Waals surface area contributed by atoms with Crippen molar-refractivity contribution in [3.05, 3.63) is 70.6 Å². The monoisotopic (exact) mass is 905 g/mol. The van der Waals surface area contributed by atoms with Crippen LogP contribution in [0.2, 0.25) is 0 Å². The summed E-state index contributed by atoms with van der Waals surface area (Å²) in [6.07, 6.45) is -1.45. The highest BCUT2D eigenvalue weighted by Crippen LogP contribution is 2.46. The van der Waals surface area contributed by atoms with Crippen molar-refractivity contribution in [2.45, 2.75) is 26.8 Å². The van der Waals surface area contributed by atoms with Gasteiger partial charge in [-0.15, -0.1) is 5.11 Å². The van der Waals surface area contributed by atoms with Crippen molar-refractivity contribution in [2.75, 3.05) is 30.5 Å². The van der Waals surface area contributed by atoms with Crippen LogP contribution >= 0.6 is 0 Å². The molecule has 0 bridgehead atoms. The van der Waals surface area contributed by atoms with Crippen molar-refractivity contribution in [1.82, 2.24) is 0 Å². The first kappa shape index (κ1) is 44.5. The minimum Gasteiger partial charge on any atom is -0.397 e. The lowest BCUT2D eigenvalue weighted by molar-refractivity contribution is 0.158. The smallest absolute Gasteiger partial charge is 0.397 e. The molecule has 7 N–H and O–H groups in total. The van der Waals surface area contributed by atoms with Crippen molar-refractivity contribution in [3.63, 3.8) is 0 Å². The fraction of sp³-hybridized carbons (Fsp3) is 0.231. The van der Waals surface area contributed by atoms with Crippen molar-refractivity contribution in [2.24, 2.45) is 20.5 Å². The molecule has 56 heavy (non-hydrogen) atoms. The van der Waals surface area contributed by atoms with Crippen LogP contribution in [0, 0.1) is 0 Å². The summed E-state index contributed by atoms with van der Waals surface area (Å²) < 4.78 is 187. The van der Waals surface area contributed by atoms with E-state index >= 15 is 0 Å². The van der Waals surface area contributed by atoms with E-state index in [9.17, 15) is 64.7 Å². The van der Waals surface area contributed by atoms with Gasteiger partial charge in [-0.3, -0.25) is 18.2 Å². The standard InChI is InChI=1S/C26H27N5O19S6/c27-23-22-15(13-20(53(37,38)39)24(23)30-28-16-1-5-18(6-2-16)51(33,34)11-9-49-55(43,44)45)14-21(54(40,41)42)25(26(22)32)31-29-17-3-7-19(8-4-17)52(35,36)12-10-50-56(46,47)48/h1-8,13-14,25-26,32H,9-12,27H2,(H,37,38,39)(H,40,41,42)(H,43,44,45)(H,46,47,48). The molecule has 0 fully saturated rings. The van der Waals surface area contributed by atoms with E-state index in [1.165, 1.54) is 0 Å². The lowest BCUT2D eigenvalue weighted by Gasteiger charge is -2.28. The largest absolute Gasteiger partial charge is 0.397 e. The molecule has 30 heteroatoms. The van der Waals surface area contributed by atoms with Crippen LogP contribution in [-0.2, 0) is 69.1 Å². The van der Waals surface area contributed by atoms with Crippen LogP contribution in [0.3, 0.4) is 0 Å². The third kappa shape index (κ3) is 11.5. The highest BCUT2D eigenvalue weighted by molar-refractivity contribution is 7.92. The summed E-state index contributed by atoms with van der Waals surface area (Å²) in [4.78, 5) is -2.77. The molecule has 3 aromatic carbocycles. The molecule has 1 aliphatic carbocycles. The van der Waals surface area contributed by atoms with E-state index in [-0.39, 0.29) is 21.2 Å². The van der Waals surface area contributed by atoms with Crippen molar-refractivity contribution < 1.29 is 82.2 Å². The Balaban J connectivity index is 1.69. The average molecular weight is 906 g/mol. The Hall–Kier alpha value is -4.18. The fourth-order valence-corrected chi connectivity index (χ4v) is 9.17. The Labute approximate surface area is 318 Å². The number of benzene rings is 3. The Morgan fingerprint density at radius 3 is 1.48 bits per heavy atom. The van der Waals surface area contributed by atoms with Crippen LogP contribution in [0.1, 0.15) is 17.2 Å². The predicted octanol–water partition coefficient (Wildman–Crippen LogP) is 1.55. The first-order valence-electron chi connectivity index (χ1n) is 14.6. The molecule has 1 aliphatic rings. The molecule has 4 rings (SSSR count). The number of anilines is 1. The number of aliphatic hydroxyl groups is 1. The maximum Gasteiger partial charge on any atom is 0.397 e. The zero-order valence-corrected chi connectivity index (χ0v) is 32.4. The quantitative estimate of drug-likeness (QED) is 0.0674. The highest BCUT2D eigenvalue weighted by Gasteiger charge is 2.40. The average Bonchev–Trinajstić information content (AvgIpc) is 3.05. The number of rotatable bonds is 16. The van der Waals surface area contributed by atoms with Gasteiger partial charge in [-0.05, 0) is 66.2 Å². The fourth-order valence-electron chi connectivity index (χ4n) is 4.76. The normalized spacial score (nSPS) is 17.3. The van der Waals surface area contributed by atoms with Crippen molar-refractivity contribution in [1.29, 1.82) is 0 Å². The van der Waals surface area contributed by atoms with E-state index in [4.69, 9.17) is 14.8 Å². The maximum absolute atomic E-state index is 12.5. The van der Waals surface area contributed by atoms with Crippen LogP contribution in [0.4, 0.5) is 22.7 Å². The molecule has 0 saturated carbocycles. The molecule has 0 aromatic heterocycles. The number of azo groups is 2. The maximum atomic E-state index is 12.5. The van der Waals surface area contributed by atoms with Gasteiger partial charge >= 0.3 is 20.8 Å². The molecule has 0 amide bonds. The molecule has 24 nitrogen and oxygen atoms in total. The summed E-state index contributed by atoms with van der Waals surface area (Å²) in [5.74, 6) is -1.71. The topological polar surface area (TPSA) is 400 Å². The van der Waals surface area contributed by atoms with Crippen molar-refractivity contribution in [3.8, 4) is 0 Å². The summed E-state index contributed by atoms with van der Waals surface area (Å²) >= 11 is 0. The summed E-state index contributed by atoms with van der Waals surface area (Å²) in [7, 11) is -28.6. The van der Waals surface area contributed by atoms with Gasteiger partial charge in [-0.2, -0.15) is 49.0 Å². The number of aliphatic hydroxyl groups excluding tert-OH is 1. The van der Waals surface area contributed by atoms with Gasteiger partial charge in [0, 0.05) is 5.56 Å². The van der Waals surface area contributed by atoms with Crippen LogP contribution in [-0.4, -0.2) is 105 Å². The Kier molecular flexibility index (Phi) is 13.0. The Morgan fingerprint density at radius 2 is 1.07 bits per heavy atom. The van der Waals surface area contributed by atoms with E-state index in [0.717, 1.165) is 48.5 Å². The molecule has 3 aromatic rings. The van der Waals surface area contributed by atoms with Gasteiger partial charge in [0.1, 0.15) is 27.6 Å². The Bertz CT molecular complexity index is 2790. The van der Waals surface area contributed by atoms with Crippen LogP contribution in [0.15, 0.2) is 94.6 Å². The first-order valence-corrected chi connectivity index (χ1v) is 23.5. The zero-order chi connectivity index (χ0) is 42.1. The molecule has 0 heterocycles. The Morgan fingerprint density at radius 1 is 0.625 bits per heavy atom. The minimum atomic E-state index is -5.23. The molecule has 306 valence electrons. The zero-order valence-electron chi connectivity index (χ0n) is 27.5. The van der Waals surface area contributed by atoms with Gasteiger partial charge in [-0.1, -0.05) is 0 Å². The number of nitrogen functional groups attached to an aromatic ring is 1. The lowest BCUT2D eigenvalue weighted by atomic mass is 9.89. The van der Waals surface area contributed by atoms with Gasteiger partial charge in [0.2, 0.25) is 0 Å². The summed E-state index contributed by atoms with van der Waals surface area (Å²) in [6, 6.07) is 7.00. The second-order valence-corrected chi connectivity index (χ2v) is 20.3. The van der Waals surface area contributed by atoms with E-state index in [2.05, 4.69) is 28.8 Å². The van der Waals surface area contributed by atoms with E-state index in [1.54, 1.807) is 0 Å². The molecule has 0 aliphatic heterocycles. The van der Waals surface area contributed by atoms with Crippen LogP contribution in [0.5, 0.6) is 0 Å². The minimum absolute atomic E-state index is 0.136.